The summed E-state index contributed by atoms with van der Waals surface area (Å²) in [7, 11) is 0. The highest BCUT2D eigenvalue weighted by molar-refractivity contribution is 5.92. The molecular weight excluding hydrogens is 255 g/mol. The first-order chi connectivity index (χ1) is 9.65. The van der Waals surface area contributed by atoms with E-state index in [2.05, 4.69) is 10.6 Å². The van der Waals surface area contributed by atoms with Crippen LogP contribution in [0.5, 0.6) is 0 Å². The van der Waals surface area contributed by atoms with Crippen LogP contribution in [-0.2, 0) is 11.3 Å². The minimum atomic E-state index is -0.365. The lowest BCUT2D eigenvalue weighted by atomic mass is 10.1. The van der Waals surface area contributed by atoms with Gasteiger partial charge in [-0.05, 0) is 36.2 Å². The number of hydrogen-bond acceptors (Lipinski definition) is 2. The van der Waals surface area contributed by atoms with E-state index in [1.165, 1.54) is 17.7 Å². The minimum Gasteiger partial charge on any atom is -0.325 e. The molecule has 0 fully saturated rings. The molecule has 0 unspecified atom stereocenters. The lowest BCUT2D eigenvalue weighted by Gasteiger charge is -2.08. The standard InChI is InChI=1S/C16H17FN2O/c1-12-5-2-3-6-13(12)10-18-11-16(20)19-15-8-4-7-14(17)9-15/h2-9,18H,10-11H2,1H3,(H,19,20). The third-order valence-electron chi connectivity index (χ3n) is 2.97. The van der Waals surface area contributed by atoms with Gasteiger partial charge in [0, 0.05) is 12.2 Å². The van der Waals surface area contributed by atoms with Crippen molar-refractivity contribution in [2.24, 2.45) is 0 Å². The second-order valence-corrected chi connectivity index (χ2v) is 4.59. The van der Waals surface area contributed by atoms with Gasteiger partial charge in [0.1, 0.15) is 5.82 Å². The van der Waals surface area contributed by atoms with Gasteiger partial charge in [0.2, 0.25) is 5.91 Å². The van der Waals surface area contributed by atoms with Crippen LogP contribution in [0, 0.1) is 12.7 Å². The van der Waals surface area contributed by atoms with Crippen molar-refractivity contribution in [1.29, 1.82) is 0 Å². The fourth-order valence-electron chi connectivity index (χ4n) is 1.89. The molecular formula is C16H17FN2O. The van der Waals surface area contributed by atoms with Gasteiger partial charge in [-0.3, -0.25) is 4.79 Å². The fraction of sp³-hybridized carbons (Fsp3) is 0.188. The van der Waals surface area contributed by atoms with E-state index in [1.54, 1.807) is 12.1 Å². The Morgan fingerprint density at radius 3 is 2.70 bits per heavy atom. The number of halogens is 1. The number of benzene rings is 2. The van der Waals surface area contributed by atoms with Gasteiger partial charge in [0.15, 0.2) is 0 Å². The van der Waals surface area contributed by atoms with Crippen molar-refractivity contribution in [3.63, 3.8) is 0 Å². The fourth-order valence-corrected chi connectivity index (χ4v) is 1.89. The second kappa shape index (κ2) is 6.82. The maximum Gasteiger partial charge on any atom is 0.238 e. The van der Waals surface area contributed by atoms with Crippen LogP contribution in [0.1, 0.15) is 11.1 Å². The van der Waals surface area contributed by atoms with Crippen LogP contribution in [0.3, 0.4) is 0 Å². The van der Waals surface area contributed by atoms with Crippen LogP contribution >= 0.6 is 0 Å². The van der Waals surface area contributed by atoms with Crippen LogP contribution in [0.2, 0.25) is 0 Å². The third kappa shape index (κ3) is 4.17. The summed E-state index contributed by atoms with van der Waals surface area (Å²) in [5, 5.41) is 5.71. The average molecular weight is 272 g/mol. The van der Waals surface area contributed by atoms with E-state index in [-0.39, 0.29) is 18.3 Å². The molecule has 20 heavy (non-hydrogen) atoms. The molecule has 0 aliphatic carbocycles. The molecule has 0 aliphatic heterocycles. The van der Waals surface area contributed by atoms with Gasteiger partial charge >= 0.3 is 0 Å². The molecule has 0 aromatic heterocycles. The Hall–Kier alpha value is -2.20. The summed E-state index contributed by atoms with van der Waals surface area (Å²) in [5.74, 6) is -0.556. The Morgan fingerprint density at radius 1 is 1.15 bits per heavy atom. The van der Waals surface area contributed by atoms with Gasteiger partial charge in [-0.25, -0.2) is 4.39 Å². The topological polar surface area (TPSA) is 41.1 Å². The summed E-state index contributed by atoms with van der Waals surface area (Å²) in [6.45, 7) is 2.85. The number of amides is 1. The highest BCUT2D eigenvalue weighted by atomic mass is 19.1. The van der Waals surface area contributed by atoms with Crippen molar-refractivity contribution in [2.45, 2.75) is 13.5 Å². The molecule has 0 atom stereocenters. The van der Waals surface area contributed by atoms with Gasteiger partial charge in [-0.1, -0.05) is 30.3 Å². The molecule has 3 nitrogen and oxygen atoms in total. The maximum absolute atomic E-state index is 13.0. The molecule has 0 saturated heterocycles. The zero-order chi connectivity index (χ0) is 14.4. The Balaban J connectivity index is 1.80. The Labute approximate surface area is 117 Å². The van der Waals surface area contributed by atoms with Gasteiger partial charge in [-0.2, -0.15) is 0 Å². The summed E-state index contributed by atoms with van der Waals surface area (Å²) in [6, 6.07) is 13.8. The summed E-state index contributed by atoms with van der Waals surface area (Å²) in [4.78, 5) is 11.7. The van der Waals surface area contributed by atoms with E-state index in [4.69, 9.17) is 0 Å². The molecule has 0 radical (unpaired) electrons. The Morgan fingerprint density at radius 2 is 1.95 bits per heavy atom. The molecule has 2 aromatic carbocycles. The zero-order valence-corrected chi connectivity index (χ0v) is 11.3. The number of nitrogens with one attached hydrogen (secondary N) is 2. The number of hydrogen-bond donors (Lipinski definition) is 2. The summed E-state index contributed by atoms with van der Waals surface area (Å²) in [6.07, 6.45) is 0. The molecule has 0 saturated carbocycles. The molecule has 0 spiro atoms. The molecule has 4 heteroatoms. The number of carbonyl (C=O) groups is 1. The highest BCUT2D eigenvalue weighted by Crippen LogP contribution is 2.09. The van der Waals surface area contributed by atoms with E-state index >= 15 is 0 Å². The summed E-state index contributed by atoms with van der Waals surface area (Å²) < 4.78 is 13.0. The van der Waals surface area contributed by atoms with Gasteiger partial charge in [0.25, 0.3) is 0 Å². The first kappa shape index (κ1) is 14.2. The van der Waals surface area contributed by atoms with Crippen LogP contribution in [0.25, 0.3) is 0 Å². The van der Waals surface area contributed by atoms with Crippen molar-refractivity contribution in [1.82, 2.24) is 5.32 Å². The highest BCUT2D eigenvalue weighted by Gasteiger charge is 2.03. The van der Waals surface area contributed by atoms with E-state index in [9.17, 15) is 9.18 Å². The van der Waals surface area contributed by atoms with E-state index in [0.29, 0.717) is 12.2 Å². The zero-order valence-electron chi connectivity index (χ0n) is 11.3. The van der Waals surface area contributed by atoms with Crippen molar-refractivity contribution in [2.75, 3.05) is 11.9 Å². The number of aryl methyl sites for hydroxylation is 1. The van der Waals surface area contributed by atoms with Gasteiger partial charge < -0.3 is 10.6 Å². The van der Waals surface area contributed by atoms with Gasteiger partial charge in [-0.15, -0.1) is 0 Å². The normalized spacial score (nSPS) is 10.3. The minimum absolute atomic E-state index is 0.185. The number of rotatable bonds is 5. The quantitative estimate of drug-likeness (QED) is 0.878. The predicted molar refractivity (Wildman–Crippen MR) is 77.9 cm³/mol. The molecule has 0 heterocycles. The maximum atomic E-state index is 13.0. The van der Waals surface area contributed by atoms with Gasteiger partial charge in [0.05, 0.1) is 6.54 Å². The van der Waals surface area contributed by atoms with Crippen molar-refractivity contribution in [3.05, 3.63) is 65.5 Å². The molecule has 0 aliphatic rings. The molecule has 104 valence electrons. The predicted octanol–water partition coefficient (Wildman–Crippen LogP) is 2.86. The number of carbonyl (C=O) groups excluding carboxylic acids is 1. The smallest absolute Gasteiger partial charge is 0.238 e. The lowest BCUT2D eigenvalue weighted by Crippen LogP contribution is -2.27. The summed E-state index contributed by atoms with van der Waals surface area (Å²) in [5.41, 5.74) is 2.81. The molecule has 2 aromatic rings. The molecule has 2 N–H and O–H groups in total. The molecule has 1 amide bonds. The van der Waals surface area contributed by atoms with Crippen LogP contribution in [0.4, 0.5) is 10.1 Å². The van der Waals surface area contributed by atoms with Crippen molar-refractivity contribution >= 4 is 11.6 Å². The number of anilines is 1. The van der Waals surface area contributed by atoms with E-state index in [1.807, 2.05) is 31.2 Å². The van der Waals surface area contributed by atoms with Crippen LogP contribution in [-0.4, -0.2) is 12.5 Å². The summed E-state index contributed by atoms with van der Waals surface area (Å²) >= 11 is 0. The molecule has 2 rings (SSSR count). The van der Waals surface area contributed by atoms with E-state index in [0.717, 1.165) is 5.56 Å². The molecule has 0 bridgehead atoms. The van der Waals surface area contributed by atoms with Crippen molar-refractivity contribution < 1.29 is 9.18 Å². The van der Waals surface area contributed by atoms with E-state index < -0.39 is 0 Å². The largest absolute Gasteiger partial charge is 0.325 e. The first-order valence-corrected chi connectivity index (χ1v) is 6.46. The second-order valence-electron chi connectivity index (χ2n) is 4.59. The third-order valence-corrected chi connectivity index (χ3v) is 2.97. The first-order valence-electron chi connectivity index (χ1n) is 6.46. The van der Waals surface area contributed by atoms with Crippen LogP contribution in [0.15, 0.2) is 48.5 Å². The van der Waals surface area contributed by atoms with Crippen molar-refractivity contribution in [3.8, 4) is 0 Å². The average Bonchev–Trinajstić information content (AvgIpc) is 2.41. The Bertz CT molecular complexity index is 599. The Kier molecular flexibility index (Phi) is 4.85. The SMILES string of the molecule is Cc1ccccc1CNCC(=O)Nc1cccc(F)c1. The lowest BCUT2D eigenvalue weighted by molar-refractivity contribution is -0.115. The monoisotopic (exact) mass is 272 g/mol. The van der Waals surface area contributed by atoms with Crippen LogP contribution < -0.4 is 10.6 Å².